The summed E-state index contributed by atoms with van der Waals surface area (Å²) >= 11 is 3.24. The van der Waals surface area contributed by atoms with Gasteiger partial charge in [-0.2, -0.15) is 0 Å². The number of ether oxygens (including phenoxy) is 1. The van der Waals surface area contributed by atoms with Crippen LogP contribution in [0.3, 0.4) is 0 Å². The first-order valence-electron chi connectivity index (χ1n) is 5.72. The third-order valence-corrected chi connectivity index (χ3v) is 3.69. The Morgan fingerprint density at radius 1 is 1.37 bits per heavy atom. The SMILES string of the molecule is Cc1ccc(C(=O)OCc2ccc(F)cc2Br)n1C. The predicted molar refractivity (Wildman–Crippen MR) is 73.4 cm³/mol. The van der Waals surface area contributed by atoms with Crippen molar-refractivity contribution in [3.8, 4) is 0 Å². The Labute approximate surface area is 119 Å². The molecule has 0 saturated carbocycles. The molecule has 0 N–H and O–H groups in total. The van der Waals surface area contributed by atoms with Crippen LogP contribution >= 0.6 is 15.9 Å². The molecule has 0 aliphatic heterocycles. The Balaban J connectivity index is 2.06. The molecule has 0 saturated heterocycles. The summed E-state index contributed by atoms with van der Waals surface area (Å²) in [6.07, 6.45) is 0. The summed E-state index contributed by atoms with van der Waals surface area (Å²) in [4.78, 5) is 11.9. The van der Waals surface area contributed by atoms with Crippen molar-refractivity contribution >= 4 is 21.9 Å². The van der Waals surface area contributed by atoms with Crippen LogP contribution in [-0.4, -0.2) is 10.5 Å². The Bertz CT molecular complexity index is 622. The average molecular weight is 326 g/mol. The zero-order valence-corrected chi connectivity index (χ0v) is 12.2. The molecule has 2 rings (SSSR count). The van der Waals surface area contributed by atoms with Crippen LogP contribution in [0, 0.1) is 12.7 Å². The monoisotopic (exact) mass is 325 g/mol. The van der Waals surface area contributed by atoms with Gasteiger partial charge in [-0.1, -0.05) is 22.0 Å². The van der Waals surface area contributed by atoms with E-state index in [1.54, 1.807) is 23.7 Å². The number of carbonyl (C=O) groups is 1. The quantitative estimate of drug-likeness (QED) is 0.807. The maximum Gasteiger partial charge on any atom is 0.355 e. The van der Waals surface area contributed by atoms with Crippen molar-refractivity contribution in [3.05, 3.63) is 57.6 Å². The van der Waals surface area contributed by atoms with E-state index in [9.17, 15) is 9.18 Å². The van der Waals surface area contributed by atoms with Crippen LogP contribution in [0.5, 0.6) is 0 Å². The van der Waals surface area contributed by atoms with Gasteiger partial charge in [0.25, 0.3) is 0 Å². The summed E-state index contributed by atoms with van der Waals surface area (Å²) in [5.74, 6) is -0.730. The lowest BCUT2D eigenvalue weighted by Gasteiger charge is -2.08. The highest BCUT2D eigenvalue weighted by Gasteiger charge is 2.13. The topological polar surface area (TPSA) is 31.2 Å². The Kier molecular flexibility index (Phi) is 4.04. The molecule has 0 aliphatic rings. The highest BCUT2D eigenvalue weighted by atomic mass is 79.9. The Morgan fingerprint density at radius 2 is 2.11 bits per heavy atom. The van der Waals surface area contributed by atoms with Gasteiger partial charge in [0.2, 0.25) is 0 Å². The molecule has 1 aromatic heterocycles. The number of nitrogens with zero attached hydrogens (tertiary/aromatic N) is 1. The van der Waals surface area contributed by atoms with Crippen molar-refractivity contribution in [1.29, 1.82) is 0 Å². The van der Waals surface area contributed by atoms with Gasteiger partial charge in [-0.25, -0.2) is 9.18 Å². The molecule has 1 heterocycles. The zero-order chi connectivity index (χ0) is 14.0. The number of carbonyl (C=O) groups excluding carboxylic acids is 1. The van der Waals surface area contributed by atoms with Crippen molar-refractivity contribution in [3.63, 3.8) is 0 Å². The Hall–Kier alpha value is -1.62. The standard InChI is InChI=1S/C14H13BrFNO2/c1-9-3-6-13(17(9)2)14(18)19-8-10-4-5-11(16)7-12(10)15/h3-7H,8H2,1-2H3. The summed E-state index contributed by atoms with van der Waals surface area (Å²) in [5.41, 5.74) is 2.20. The second kappa shape index (κ2) is 5.57. The zero-order valence-electron chi connectivity index (χ0n) is 10.6. The molecule has 5 heteroatoms. The van der Waals surface area contributed by atoms with E-state index in [-0.39, 0.29) is 12.4 Å². The van der Waals surface area contributed by atoms with Crippen molar-refractivity contribution in [2.75, 3.05) is 0 Å². The fourth-order valence-corrected chi connectivity index (χ4v) is 2.14. The van der Waals surface area contributed by atoms with Crippen LogP contribution in [0.4, 0.5) is 4.39 Å². The van der Waals surface area contributed by atoms with Crippen molar-refractivity contribution in [1.82, 2.24) is 4.57 Å². The largest absolute Gasteiger partial charge is 0.456 e. The fraction of sp³-hybridized carbons (Fsp3) is 0.214. The molecule has 0 radical (unpaired) electrons. The van der Waals surface area contributed by atoms with Crippen LogP contribution in [0.2, 0.25) is 0 Å². The molecule has 0 aliphatic carbocycles. The van der Waals surface area contributed by atoms with Gasteiger partial charge in [-0.05, 0) is 31.2 Å². The molecule has 0 fully saturated rings. The third-order valence-electron chi connectivity index (χ3n) is 2.96. The molecule has 3 nitrogen and oxygen atoms in total. The number of halogens is 2. The molecule has 100 valence electrons. The van der Waals surface area contributed by atoms with Gasteiger partial charge in [-0.3, -0.25) is 0 Å². The molecular formula is C14H13BrFNO2. The average Bonchev–Trinajstić information content (AvgIpc) is 2.69. The predicted octanol–water partition coefficient (Wildman–Crippen LogP) is 3.59. The van der Waals surface area contributed by atoms with Crippen LogP contribution in [0.25, 0.3) is 0 Å². The number of benzene rings is 1. The number of rotatable bonds is 3. The highest BCUT2D eigenvalue weighted by molar-refractivity contribution is 9.10. The first-order chi connectivity index (χ1) is 8.99. The lowest BCUT2D eigenvalue weighted by Crippen LogP contribution is -2.10. The minimum atomic E-state index is -0.396. The first-order valence-corrected chi connectivity index (χ1v) is 6.51. The van der Waals surface area contributed by atoms with E-state index in [1.165, 1.54) is 12.1 Å². The number of esters is 1. The maximum absolute atomic E-state index is 12.9. The molecule has 19 heavy (non-hydrogen) atoms. The van der Waals surface area contributed by atoms with Crippen molar-refractivity contribution in [2.24, 2.45) is 7.05 Å². The second-order valence-electron chi connectivity index (χ2n) is 4.23. The van der Waals surface area contributed by atoms with E-state index in [1.807, 2.05) is 13.0 Å². The van der Waals surface area contributed by atoms with Crippen LogP contribution in [0.1, 0.15) is 21.7 Å². The molecule has 0 bridgehead atoms. The van der Waals surface area contributed by atoms with E-state index >= 15 is 0 Å². The van der Waals surface area contributed by atoms with Gasteiger partial charge >= 0.3 is 5.97 Å². The smallest absolute Gasteiger partial charge is 0.355 e. The van der Waals surface area contributed by atoms with Crippen LogP contribution in [0.15, 0.2) is 34.8 Å². The fourth-order valence-electron chi connectivity index (χ4n) is 1.67. The van der Waals surface area contributed by atoms with E-state index < -0.39 is 5.97 Å². The summed E-state index contributed by atoms with van der Waals surface area (Å²) in [5, 5.41) is 0. The van der Waals surface area contributed by atoms with Gasteiger partial charge in [0.15, 0.2) is 0 Å². The van der Waals surface area contributed by atoms with Gasteiger partial charge in [0.05, 0.1) is 0 Å². The number of hydrogen-bond acceptors (Lipinski definition) is 2. The van der Waals surface area contributed by atoms with E-state index in [4.69, 9.17) is 4.74 Å². The first kappa shape index (κ1) is 13.8. The second-order valence-corrected chi connectivity index (χ2v) is 5.09. The number of aryl methyl sites for hydroxylation is 1. The van der Waals surface area contributed by atoms with E-state index in [2.05, 4.69) is 15.9 Å². The minimum absolute atomic E-state index is 0.101. The lowest BCUT2D eigenvalue weighted by atomic mass is 10.2. The number of hydrogen-bond donors (Lipinski definition) is 0. The van der Waals surface area contributed by atoms with Crippen molar-refractivity contribution < 1.29 is 13.9 Å². The normalized spacial score (nSPS) is 10.5. The molecule has 0 spiro atoms. The molecule has 1 aromatic carbocycles. The van der Waals surface area contributed by atoms with Gasteiger partial charge in [-0.15, -0.1) is 0 Å². The Morgan fingerprint density at radius 3 is 2.68 bits per heavy atom. The molecule has 2 aromatic rings. The summed E-state index contributed by atoms with van der Waals surface area (Å²) < 4.78 is 20.5. The van der Waals surface area contributed by atoms with Crippen LogP contribution < -0.4 is 0 Å². The summed E-state index contributed by atoms with van der Waals surface area (Å²) in [7, 11) is 1.81. The van der Waals surface area contributed by atoms with Gasteiger partial charge < -0.3 is 9.30 Å². The molecule has 0 amide bonds. The number of aromatic nitrogens is 1. The lowest BCUT2D eigenvalue weighted by molar-refractivity contribution is 0.0460. The minimum Gasteiger partial charge on any atom is -0.456 e. The molecular weight excluding hydrogens is 313 g/mol. The summed E-state index contributed by atoms with van der Waals surface area (Å²) in [6.45, 7) is 2.01. The third kappa shape index (κ3) is 3.04. The highest BCUT2D eigenvalue weighted by Crippen LogP contribution is 2.19. The molecule has 0 unspecified atom stereocenters. The van der Waals surface area contributed by atoms with E-state index in [0.717, 1.165) is 11.3 Å². The van der Waals surface area contributed by atoms with Crippen LogP contribution in [-0.2, 0) is 18.4 Å². The van der Waals surface area contributed by atoms with Gasteiger partial charge in [0.1, 0.15) is 18.1 Å². The van der Waals surface area contributed by atoms with E-state index in [0.29, 0.717) is 10.2 Å². The molecule has 0 atom stereocenters. The maximum atomic E-state index is 12.9. The van der Waals surface area contributed by atoms with Gasteiger partial charge in [0, 0.05) is 22.8 Å². The van der Waals surface area contributed by atoms with Crippen molar-refractivity contribution in [2.45, 2.75) is 13.5 Å². The summed E-state index contributed by atoms with van der Waals surface area (Å²) in [6, 6.07) is 7.83.